The van der Waals surface area contributed by atoms with Crippen LogP contribution in [0, 0.1) is 0 Å². The minimum atomic E-state index is -2.30. The summed E-state index contributed by atoms with van der Waals surface area (Å²) in [6.07, 6.45) is -19.7. The topological polar surface area (TPSA) is 253 Å². The number of carbonyl (C=O) groups is 4. The number of aliphatic hydroxyl groups is 1. The summed E-state index contributed by atoms with van der Waals surface area (Å²) in [4.78, 5) is 58.8. The van der Waals surface area contributed by atoms with E-state index in [2.05, 4.69) is 0 Å². The van der Waals surface area contributed by atoms with Crippen molar-refractivity contribution in [2.75, 3.05) is 33.0 Å². The van der Waals surface area contributed by atoms with Crippen molar-refractivity contribution in [2.45, 2.75) is 144 Å². The second-order valence-electron chi connectivity index (χ2n) is 27.2. The molecule has 0 aromatic heterocycles. The van der Waals surface area contributed by atoms with Crippen molar-refractivity contribution in [3.05, 3.63) is 335 Å². The summed E-state index contributed by atoms with van der Waals surface area (Å²) < 4.78 is 103. The highest BCUT2D eigenvalue weighted by Crippen LogP contribution is 2.40. The van der Waals surface area contributed by atoms with Crippen LogP contribution < -0.4 is 5.73 Å². The highest BCUT2D eigenvalue weighted by atomic mass is 16.8. The van der Waals surface area contributed by atoms with Gasteiger partial charge in [0.2, 0.25) is 0 Å². The monoisotopic (exact) mass is 1510 g/mol. The van der Waals surface area contributed by atoms with Crippen LogP contribution in [0.15, 0.2) is 285 Å². The van der Waals surface area contributed by atoms with E-state index >= 15 is 4.79 Å². The molecule has 14 unspecified atom stereocenters. The number of esters is 4. The average Bonchev–Trinajstić information content (AvgIpc) is 0.772. The van der Waals surface area contributed by atoms with Gasteiger partial charge in [0.15, 0.2) is 31.3 Å². The fourth-order valence-corrected chi connectivity index (χ4v) is 13.5. The van der Waals surface area contributed by atoms with Gasteiger partial charge >= 0.3 is 23.9 Å². The van der Waals surface area contributed by atoms with Crippen LogP contribution >= 0.6 is 0 Å². The highest BCUT2D eigenvalue weighted by Gasteiger charge is 2.56. The largest absolute Gasteiger partial charge is 0.459 e. The third kappa shape index (κ3) is 22.1. The predicted molar refractivity (Wildman–Crippen MR) is 409 cm³/mol. The van der Waals surface area contributed by atoms with E-state index in [1.165, 1.54) is 12.1 Å². The van der Waals surface area contributed by atoms with Crippen LogP contribution in [0.5, 0.6) is 0 Å². The molecule has 0 aliphatic carbocycles. The van der Waals surface area contributed by atoms with E-state index in [0.717, 1.165) is 45.9 Å². The molecule has 3 aliphatic heterocycles. The Bertz CT molecular complexity index is 4470. The number of unbranched alkanes of at least 4 members (excludes halogenated alkanes) is 2. The lowest BCUT2D eigenvalue weighted by Gasteiger charge is -2.50. The van der Waals surface area contributed by atoms with Crippen LogP contribution in [0.25, 0.3) is 10.8 Å². The average molecular weight is 1510 g/mol. The van der Waals surface area contributed by atoms with Gasteiger partial charge in [-0.15, -0.1) is 0 Å². The van der Waals surface area contributed by atoms with E-state index in [0.29, 0.717) is 18.5 Å². The Morgan fingerprint density at radius 3 is 1.47 bits per heavy atom. The van der Waals surface area contributed by atoms with Crippen molar-refractivity contribution in [1.82, 2.24) is 0 Å². The first kappa shape index (κ1) is 78.9. The third-order valence-electron chi connectivity index (χ3n) is 19.3. The van der Waals surface area contributed by atoms with Gasteiger partial charge in [0.05, 0.1) is 55.3 Å². The number of benzene rings is 10. The van der Waals surface area contributed by atoms with Crippen molar-refractivity contribution < 1.29 is 95.3 Å². The van der Waals surface area contributed by atoms with Gasteiger partial charge in [-0.05, 0) is 113 Å². The minimum Gasteiger partial charge on any atom is -0.459 e. The molecule has 0 bridgehead atoms. The van der Waals surface area contributed by atoms with Crippen molar-refractivity contribution in [3.8, 4) is 0 Å². The number of nitrogens with two attached hydrogens (primary N) is 1. The number of rotatable bonds is 37. The molecule has 3 fully saturated rings. The molecule has 3 N–H and O–H groups in total. The quantitative estimate of drug-likeness (QED) is 0.0159. The summed E-state index contributed by atoms with van der Waals surface area (Å²) in [5, 5.41) is 15.9. The molecule has 21 nitrogen and oxygen atoms in total. The van der Waals surface area contributed by atoms with Crippen LogP contribution in [0.1, 0.15) is 101 Å². The number of aliphatic hydroxyl groups excluding tert-OH is 1. The Hall–Kier alpha value is -10.2. The predicted octanol–water partition coefficient (Wildman–Crippen LogP) is 13.8. The molecule has 0 saturated carbocycles. The summed E-state index contributed by atoms with van der Waals surface area (Å²) in [5.41, 5.74) is 10.3. The molecule has 13 rings (SSSR count). The van der Waals surface area contributed by atoms with E-state index in [1.54, 1.807) is 109 Å². The van der Waals surface area contributed by atoms with Crippen LogP contribution in [-0.4, -0.2) is 148 Å². The van der Waals surface area contributed by atoms with Crippen molar-refractivity contribution >= 4 is 34.6 Å². The summed E-state index contributed by atoms with van der Waals surface area (Å²) in [5.74, 6) is -3.26. The number of carbonyl (C=O) groups excluding carboxylic acids is 4. The molecule has 10 aromatic rings. The molecule has 3 saturated heterocycles. The Labute approximate surface area is 645 Å². The molecule has 0 amide bonds. The van der Waals surface area contributed by atoms with Crippen molar-refractivity contribution in [1.29, 1.82) is 0 Å². The first-order valence-electron chi connectivity index (χ1n) is 37.5. The SMILES string of the molecule is NCCCCCOC1OC2COC(c3ccccc3)OC2C(OC(O)C(OC(=O)c2ccccc2)C(C[C@@H](COC(=O)c2ccccc2)OC(=O)c2ccccc2)OC2OC(COC(=O)c3ccccc3)C(OCc3ccccc3)C(OCc3ccc4ccccc4c3)C2OCc2ccccc2)C1OCc1ccccc1. The van der Waals surface area contributed by atoms with E-state index in [9.17, 15) is 19.5 Å². The Balaban J connectivity index is 0.966. The first-order chi connectivity index (χ1) is 54.6. The van der Waals surface area contributed by atoms with Gasteiger partial charge in [-0.1, -0.05) is 231 Å². The van der Waals surface area contributed by atoms with Gasteiger partial charge < -0.3 is 81.9 Å². The molecule has 576 valence electrons. The van der Waals surface area contributed by atoms with Crippen molar-refractivity contribution in [3.63, 3.8) is 0 Å². The maximum atomic E-state index is 15.4. The molecule has 111 heavy (non-hydrogen) atoms. The number of ether oxygens (including phenoxy) is 15. The van der Waals surface area contributed by atoms with Crippen LogP contribution in [0.3, 0.4) is 0 Å². The Morgan fingerprint density at radius 2 is 0.901 bits per heavy atom. The van der Waals surface area contributed by atoms with Crippen molar-refractivity contribution in [2.24, 2.45) is 5.73 Å². The van der Waals surface area contributed by atoms with Crippen LogP contribution in [-0.2, 0) is 97.5 Å². The van der Waals surface area contributed by atoms with E-state index in [-0.39, 0.29) is 61.9 Å². The molecule has 0 spiro atoms. The smallest absolute Gasteiger partial charge is 0.338 e. The fraction of sp³-hybridized carbons (Fsp3) is 0.311. The standard InChI is InChI=1S/C90H91NO20/c91-50-28-9-29-51-97-89-82(101-56-63-34-14-3-15-35-63)80(77-75(107-89)60-104-88(111-77)70-45-24-8-25-46-70)110-87(96)78(109-86(95)69-43-22-7-23-44-69)73(53-72(105-85(94)68-41-20-6-21-42-68)58-102-83(92)66-37-16-4-17-38-66)106-90-81(100-55-62-32-12-2-13-33-62)79(99-57-64-48-49-65-36-26-27-47-71(65)52-64)76(98-54-61-30-10-1-11-31-61)74(108-90)59-103-84(93)67-39-18-5-19-40-67/h1-8,10-27,30-49,52,72-82,87-90,96H,9,28-29,50-51,53-60,91H2/t72-,73?,74?,75?,76?,77?,78?,79?,80?,81?,82?,87?,88?,89?,90?/m0/s1. The summed E-state index contributed by atoms with van der Waals surface area (Å²) in [6, 6.07) is 84.5. The number of hydrogen-bond donors (Lipinski definition) is 2. The van der Waals surface area contributed by atoms with Gasteiger partial charge in [0.1, 0.15) is 74.3 Å². The fourth-order valence-electron chi connectivity index (χ4n) is 13.5. The second kappa shape index (κ2) is 40.7. The lowest BCUT2D eigenvalue weighted by atomic mass is 9.96. The number of hydrogen-bond acceptors (Lipinski definition) is 21. The molecule has 15 atom stereocenters. The molecular weight excluding hydrogens is 1410 g/mol. The normalized spacial score (nSPS) is 22.0. The zero-order valence-electron chi connectivity index (χ0n) is 61.3. The first-order valence-corrected chi connectivity index (χ1v) is 37.5. The van der Waals surface area contributed by atoms with Crippen LogP contribution in [0.4, 0.5) is 0 Å². The number of fused-ring (bicyclic) bond motifs is 2. The van der Waals surface area contributed by atoms with Gasteiger partial charge in [-0.2, -0.15) is 0 Å². The summed E-state index contributed by atoms with van der Waals surface area (Å²) in [6.45, 7) is -0.576. The highest BCUT2D eigenvalue weighted by molar-refractivity contribution is 5.91. The second-order valence-corrected chi connectivity index (χ2v) is 27.2. The zero-order chi connectivity index (χ0) is 76.4. The lowest BCUT2D eigenvalue weighted by Crippen LogP contribution is -2.65. The van der Waals surface area contributed by atoms with Crippen LogP contribution in [0.2, 0.25) is 0 Å². The minimum absolute atomic E-state index is 0.00640. The molecule has 3 heterocycles. The van der Waals surface area contributed by atoms with Gasteiger partial charge in [0, 0.05) is 18.6 Å². The molecule has 21 heteroatoms. The lowest BCUT2D eigenvalue weighted by molar-refractivity contribution is -0.387. The van der Waals surface area contributed by atoms with E-state index in [1.807, 2.05) is 164 Å². The van der Waals surface area contributed by atoms with Gasteiger partial charge in [-0.25, -0.2) is 19.2 Å². The summed E-state index contributed by atoms with van der Waals surface area (Å²) >= 11 is 0. The van der Waals surface area contributed by atoms with Gasteiger partial charge in [0.25, 0.3) is 0 Å². The van der Waals surface area contributed by atoms with E-state index in [4.69, 9.17) is 76.8 Å². The molecule has 3 aliphatic rings. The zero-order valence-corrected chi connectivity index (χ0v) is 61.3. The summed E-state index contributed by atoms with van der Waals surface area (Å²) in [7, 11) is 0. The molecule has 10 aromatic carbocycles. The molecular formula is C90H91NO20. The Morgan fingerprint density at radius 1 is 0.423 bits per heavy atom. The third-order valence-corrected chi connectivity index (χ3v) is 19.3. The maximum Gasteiger partial charge on any atom is 0.338 e. The van der Waals surface area contributed by atoms with E-state index < -0.39 is 136 Å². The Kier molecular flexibility index (Phi) is 28.9. The maximum absolute atomic E-state index is 15.4. The molecule has 0 radical (unpaired) electrons. The van der Waals surface area contributed by atoms with Gasteiger partial charge in [-0.3, -0.25) is 0 Å².